The Kier molecular flexibility index (Phi) is 3.84. The smallest absolute Gasteiger partial charge is 0.254 e. The number of carbonyl (C=O) groups is 1. The molecule has 0 aliphatic carbocycles. The van der Waals surface area contributed by atoms with E-state index in [-0.39, 0.29) is 17.7 Å². The monoisotopic (exact) mass is 250 g/mol. The fourth-order valence-electron chi connectivity index (χ4n) is 2.03. The van der Waals surface area contributed by atoms with Crippen molar-refractivity contribution in [3.05, 3.63) is 29.3 Å². The van der Waals surface area contributed by atoms with E-state index in [9.17, 15) is 9.90 Å². The molecule has 5 heteroatoms. The molecule has 1 aliphatic heterocycles. The SMILES string of the molecule is Cc1ccc(C(=O)N2CCOCC2CN)cc1O. The van der Waals surface area contributed by atoms with E-state index < -0.39 is 0 Å². The number of carbonyl (C=O) groups excluding carboxylic acids is 1. The van der Waals surface area contributed by atoms with Crippen molar-refractivity contribution in [3.63, 3.8) is 0 Å². The highest BCUT2D eigenvalue weighted by atomic mass is 16.5. The van der Waals surface area contributed by atoms with Crippen molar-refractivity contribution in [2.24, 2.45) is 5.73 Å². The zero-order valence-corrected chi connectivity index (χ0v) is 10.4. The molecule has 0 aromatic heterocycles. The maximum absolute atomic E-state index is 12.3. The average Bonchev–Trinajstić information content (AvgIpc) is 2.41. The summed E-state index contributed by atoms with van der Waals surface area (Å²) in [5, 5.41) is 9.65. The molecule has 0 bridgehead atoms. The summed E-state index contributed by atoms with van der Waals surface area (Å²) in [6.45, 7) is 3.71. The van der Waals surface area contributed by atoms with Gasteiger partial charge in [-0.05, 0) is 24.6 Å². The molecular weight excluding hydrogens is 232 g/mol. The van der Waals surface area contributed by atoms with Gasteiger partial charge in [0.15, 0.2) is 0 Å². The van der Waals surface area contributed by atoms with Crippen molar-refractivity contribution < 1.29 is 14.6 Å². The lowest BCUT2D eigenvalue weighted by Gasteiger charge is -2.35. The van der Waals surface area contributed by atoms with Crippen LogP contribution in [-0.2, 0) is 4.74 Å². The zero-order chi connectivity index (χ0) is 13.1. The molecule has 1 amide bonds. The summed E-state index contributed by atoms with van der Waals surface area (Å²) in [5.41, 5.74) is 6.88. The molecule has 0 saturated carbocycles. The topological polar surface area (TPSA) is 75.8 Å². The van der Waals surface area contributed by atoms with Crippen LogP contribution in [0.2, 0.25) is 0 Å². The first-order valence-corrected chi connectivity index (χ1v) is 6.02. The number of aromatic hydroxyl groups is 1. The molecule has 1 saturated heterocycles. The Morgan fingerprint density at radius 2 is 2.39 bits per heavy atom. The van der Waals surface area contributed by atoms with E-state index in [2.05, 4.69) is 0 Å². The Hall–Kier alpha value is -1.59. The van der Waals surface area contributed by atoms with E-state index >= 15 is 0 Å². The lowest BCUT2D eigenvalue weighted by molar-refractivity contribution is 0.000825. The van der Waals surface area contributed by atoms with Crippen molar-refractivity contribution in [1.82, 2.24) is 4.90 Å². The Bertz CT molecular complexity index is 448. The maximum Gasteiger partial charge on any atom is 0.254 e. The van der Waals surface area contributed by atoms with Crippen LogP contribution in [0, 0.1) is 6.92 Å². The van der Waals surface area contributed by atoms with Crippen molar-refractivity contribution in [2.75, 3.05) is 26.3 Å². The molecule has 0 spiro atoms. The number of hydrogen-bond donors (Lipinski definition) is 2. The van der Waals surface area contributed by atoms with Gasteiger partial charge in [0.1, 0.15) is 5.75 Å². The van der Waals surface area contributed by atoms with E-state index in [0.717, 1.165) is 5.56 Å². The number of benzene rings is 1. The van der Waals surface area contributed by atoms with Crippen LogP contribution < -0.4 is 5.73 Å². The molecule has 3 N–H and O–H groups in total. The number of nitrogens with zero attached hydrogens (tertiary/aromatic N) is 1. The minimum absolute atomic E-state index is 0.0882. The van der Waals surface area contributed by atoms with Gasteiger partial charge in [-0.15, -0.1) is 0 Å². The predicted octanol–water partition coefficient (Wildman–Crippen LogP) is 0.500. The third kappa shape index (κ3) is 2.47. The second-order valence-corrected chi connectivity index (χ2v) is 4.46. The number of morpholine rings is 1. The largest absolute Gasteiger partial charge is 0.508 e. The molecule has 1 fully saturated rings. The minimum atomic E-state index is -0.107. The first-order valence-electron chi connectivity index (χ1n) is 6.02. The predicted molar refractivity (Wildman–Crippen MR) is 67.5 cm³/mol. The van der Waals surface area contributed by atoms with Crippen molar-refractivity contribution in [1.29, 1.82) is 0 Å². The van der Waals surface area contributed by atoms with Crippen LogP contribution in [-0.4, -0.2) is 48.3 Å². The van der Waals surface area contributed by atoms with Crippen molar-refractivity contribution in [3.8, 4) is 5.75 Å². The third-order valence-corrected chi connectivity index (χ3v) is 3.22. The van der Waals surface area contributed by atoms with E-state index in [4.69, 9.17) is 10.5 Å². The molecule has 1 heterocycles. The van der Waals surface area contributed by atoms with Crippen LogP contribution in [0.15, 0.2) is 18.2 Å². The van der Waals surface area contributed by atoms with E-state index in [0.29, 0.717) is 31.9 Å². The lowest BCUT2D eigenvalue weighted by atomic mass is 10.1. The highest BCUT2D eigenvalue weighted by molar-refractivity contribution is 5.95. The summed E-state index contributed by atoms with van der Waals surface area (Å²) >= 11 is 0. The van der Waals surface area contributed by atoms with Gasteiger partial charge in [0.2, 0.25) is 0 Å². The van der Waals surface area contributed by atoms with E-state index in [1.165, 1.54) is 6.07 Å². The highest BCUT2D eigenvalue weighted by Crippen LogP contribution is 2.20. The molecule has 0 radical (unpaired) electrons. The lowest BCUT2D eigenvalue weighted by Crippen LogP contribution is -2.52. The quantitative estimate of drug-likeness (QED) is 0.801. The normalized spacial score (nSPS) is 19.9. The molecule has 1 aromatic rings. The number of phenolic OH excluding ortho intramolecular Hbond substituents is 1. The molecule has 1 aromatic carbocycles. The second kappa shape index (κ2) is 5.37. The van der Waals surface area contributed by atoms with Crippen LogP contribution >= 0.6 is 0 Å². The molecule has 5 nitrogen and oxygen atoms in total. The summed E-state index contributed by atoms with van der Waals surface area (Å²) in [6, 6.07) is 4.87. The summed E-state index contributed by atoms with van der Waals surface area (Å²) in [4.78, 5) is 14.1. The van der Waals surface area contributed by atoms with Crippen LogP contribution in [0.4, 0.5) is 0 Å². The molecule has 18 heavy (non-hydrogen) atoms. The Morgan fingerprint density at radius 3 is 3.06 bits per heavy atom. The summed E-state index contributed by atoms with van der Waals surface area (Å²) in [5.74, 6) is 0.0301. The summed E-state index contributed by atoms with van der Waals surface area (Å²) in [7, 11) is 0. The van der Waals surface area contributed by atoms with Gasteiger partial charge in [0.25, 0.3) is 5.91 Å². The van der Waals surface area contributed by atoms with Gasteiger partial charge in [0, 0.05) is 18.7 Å². The van der Waals surface area contributed by atoms with Crippen LogP contribution in [0.5, 0.6) is 5.75 Å². The first kappa shape index (κ1) is 12.9. The Balaban J connectivity index is 2.21. The molecule has 1 unspecified atom stereocenters. The molecule has 1 aliphatic rings. The highest BCUT2D eigenvalue weighted by Gasteiger charge is 2.27. The Morgan fingerprint density at radius 1 is 1.61 bits per heavy atom. The van der Waals surface area contributed by atoms with E-state index in [1.807, 2.05) is 0 Å². The second-order valence-electron chi connectivity index (χ2n) is 4.46. The minimum Gasteiger partial charge on any atom is -0.508 e. The average molecular weight is 250 g/mol. The number of aryl methyl sites for hydroxylation is 1. The molecular formula is C13H18N2O3. The van der Waals surface area contributed by atoms with Gasteiger partial charge in [-0.25, -0.2) is 0 Å². The fraction of sp³-hybridized carbons (Fsp3) is 0.462. The number of hydrogen-bond acceptors (Lipinski definition) is 4. The van der Waals surface area contributed by atoms with Crippen LogP contribution in [0.1, 0.15) is 15.9 Å². The molecule has 1 atom stereocenters. The number of rotatable bonds is 2. The number of ether oxygens (including phenoxy) is 1. The van der Waals surface area contributed by atoms with E-state index in [1.54, 1.807) is 24.0 Å². The van der Waals surface area contributed by atoms with Gasteiger partial charge in [0.05, 0.1) is 19.3 Å². The maximum atomic E-state index is 12.3. The number of amides is 1. The van der Waals surface area contributed by atoms with Gasteiger partial charge in [-0.3, -0.25) is 4.79 Å². The van der Waals surface area contributed by atoms with Crippen LogP contribution in [0.25, 0.3) is 0 Å². The van der Waals surface area contributed by atoms with Crippen molar-refractivity contribution >= 4 is 5.91 Å². The van der Waals surface area contributed by atoms with Crippen molar-refractivity contribution in [2.45, 2.75) is 13.0 Å². The number of nitrogens with two attached hydrogens (primary N) is 1. The fourth-order valence-corrected chi connectivity index (χ4v) is 2.03. The zero-order valence-electron chi connectivity index (χ0n) is 10.4. The molecule has 98 valence electrons. The number of phenols is 1. The summed E-state index contributed by atoms with van der Waals surface area (Å²) < 4.78 is 5.31. The van der Waals surface area contributed by atoms with Crippen LogP contribution in [0.3, 0.4) is 0 Å². The first-order chi connectivity index (χ1) is 8.63. The Labute approximate surface area is 106 Å². The summed E-state index contributed by atoms with van der Waals surface area (Å²) in [6.07, 6.45) is 0. The standard InChI is InChI=1S/C13H18N2O3/c1-9-2-3-10(6-12(9)16)13(17)15-4-5-18-8-11(15)7-14/h2-3,6,11,16H,4-5,7-8,14H2,1H3. The van der Waals surface area contributed by atoms with Gasteiger partial charge >= 0.3 is 0 Å². The van der Waals surface area contributed by atoms with Gasteiger partial charge in [-0.1, -0.05) is 6.07 Å². The van der Waals surface area contributed by atoms with Gasteiger partial charge < -0.3 is 20.5 Å². The van der Waals surface area contributed by atoms with Gasteiger partial charge in [-0.2, -0.15) is 0 Å². The molecule has 2 rings (SSSR count). The third-order valence-electron chi connectivity index (χ3n) is 3.22.